The van der Waals surface area contributed by atoms with E-state index in [-0.39, 0.29) is 12.4 Å². The maximum absolute atomic E-state index is 11.3. The van der Waals surface area contributed by atoms with Crippen LogP contribution in [-0.2, 0) is 16.0 Å². The molecule has 0 aliphatic carbocycles. The summed E-state index contributed by atoms with van der Waals surface area (Å²) in [6.45, 7) is 2.81. The zero-order valence-electron chi connectivity index (χ0n) is 13.0. The number of benzene rings is 1. The lowest BCUT2D eigenvalue weighted by Crippen LogP contribution is -2.43. The highest BCUT2D eigenvalue weighted by atomic mass is 16.6. The SMILES string of the molecule is CC(=O)O[C@H]1Cc2c(c(O)c(C)n2-c2ccccc2)O[C@@H]1CO. The summed E-state index contributed by atoms with van der Waals surface area (Å²) in [4.78, 5) is 11.3. The lowest BCUT2D eigenvalue weighted by molar-refractivity contribution is -0.153. The number of carbonyl (C=O) groups excluding carboxylic acids is 1. The average Bonchev–Trinajstić information content (AvgIpc) is 2.78. The highest BCUT2D eigenvalue weighted by Gasteiger charge is 2.37. The van der Waals surface area contributed by atoms with Gasteiger partial charge in [0.1, 0.15) is 6.10 Å². The monoisotopic (exact) mass is 317 g/mol. The van der Waals surface area contributed by atoms with Gasteiger partial charge in [-0.1, -0.05) is 18.2 Å². The van der Waals surface area contributed by atoms with Gasteiger partial charge in [-0.3, -0.25) is 4.79 Å². The molecule has 2 heterocycles. The smallest absolute Gasteiger partial charge is 0.303 e. The van der Waals surface area contributed by atoms with E-state index >= 15 is 0 Å². The molecule has 2 atom stereocenters. The van der Waals surface area contributed by atoms with Crippen LogP contribution < -0.4 is 4.74 Å². The van der Waals surface area contributed by atoms with Crippen LogP contribution in [-0.4, -0.2) is 39.6 Å². The molecular formula is C17H19NO5. The molecule has 0 amide bonds. The number of aromatic nitrogens is 1. The van der Waals surface area contributed by atoms with Crippen LogP contribution in [0.3, 0.4) is 0 Å². The Morgan fingerprint density at radius 3 is 2.70 bits per heavy atom. The topological polar surface area (TPSA) is 80.9 Å². The van der Waals surface area contributed by atoms with Crippen LogP contribution in [0.25, 0.3) is 5.69 Å². The standard InChI is InChI=1S/C17H19NO5/c1-10-16(21)17-13(18(10)12-6-4-3-5-7-12)8-14(22-11(2)20)15(9-19)23-17/h3-7,14-15,19,21H,8-9H2,1-2H3/t14-,15+/m0/s1. The molecule has 0 bridgehead atoms. The van der Waals surface area contributed by atoms with Gasteiger partial charge >= 0.3 is 5.97 Å². The fourth-order valence-electron chi connectivity index (χ4n) is 2.98. The van der Waals surface area contributed by atoms with E-state index in [2.05, 4.69) is 0 Å². The molecule has 0 unspecified atom stereocenters. The van der Waals surface area contributed by atoms with Crippen molar-refractivity contribution < 1.29 is 24.5 Å². The molecule has 122 valence electrons. The molecule has 0 fully saturated rings. The van der Waals surface area contributed by atoms with Crippen LogP contribution in [0.4, 0.5) is 0 Å². The molecular weight excluding hydrogens is 298 g/mol. The molecule has 1 aromatic heterocycles. The molecule has 2 aromatic rings. The first-order chi connectivity index (χ1) is 11.0. The molecule has 0 radical (unpaired) electrons. The van der Waals surface area contributed by atoms with Crippen molar-refractivity contribution in [2.45, 2.75) is 32.5 Å². The summed E-state index contributed by atoms with van der Waals surface area (Å²) in [5, 5.41) is 19.9. The number of nitrogens with zero attached hydrogens (tertiary/aromatic N) is 1. The Kier molecular flexibility index (Phi) is 4.00. The fraction of sp³-hybridized carbons (Fsp3) is 0.353. The van der Waals surface area contributed by atoms with Crippen molar-refractivity contribution >= 4 is 5.97 Å². The quantitative estimate of drug-likeness (QED) is 0.843. The number of para-hydroxylation sites is 1. The third kappa shape index (κ3) is 2.66. The van der Waals surface area contributed by atoms with Crippen LogP contribution in [0, 0.1) is 6.92 Å². The van der Waals surface area contributed by atoms with Crippen LogP contribution in [0.1, 0.15) is 18.3 Å². The first-order valence-corrected chi connectivity index (χ1v) is 7.46. The molecule has 23 heavy (non-hydrogen) atoms. The summed E-state index contributed by atoms with van der Waals surface area (Å²) < 4.78 is 12.9. The number of esters is 1. The Hall–Kier alpha value is -2.47. The van der Waals surface area contributed by atoms with Gasteiger partial charge in [0.25, 0.3) is 0 Å². The maximum Gasteiger partial charge on any atom is 0.303 e. The third-order valence-corrected chi connectivity index (χ3v) is 4.02. The minimum Gasteiger partial charge on any atom is -0.503 e. The summed E-state index contributed by atoms with van der Waals surface area (Å²) in [5.74, 6) is -0.0448. The summed E-state index contributed by atoms with van der Waals surface area (Å²) in [6, 6.07) is 9.57. The molecule has 1 aliphatic rings. The number of aliphatic hydroxyl groups is 1. The molecule has 0 spiro atoms. The Bertz CT molecular complexity index is 722. The van der Waals surface area contributed by atoms with Crippen LogP contribution in [0.2, 0.25) is 0 Å². The van der Waals surface area contributed by atoms with E-state index in [0.29, 0.717) is 17.9 Å². The summed E-state index contributed by atoms with van der Waals surface area (Å²) >= 11 is 0. The highest BCUT2D eigenvalue weighted by Crippen LogP contribution is 2.43. The van der Waals surface area contributed by atoms with Gasteiger partial charge in [0.05, 0.1) is 18.0 Å². The maximum atomic E-state index is 11.3. The first kappa shape index (κ1) is 15.4. The highest BCUT2D eigenvalue weighted by molar-refractivity contribution is 5.66. The van der Waals surface area contributed by atoms with Crippen molar-refractivity contribution in [3.8, 4) is 17.2 Å². The number of fused-ring (bicyclic) bond motifs is 1. The number of ether oxygens (including phenoxy) is 2. The molecule has 6 heteroatoms. The van der Waals surface area contributed by atoms with Gasteiger partial charge < -0.3 is 24.3 Å². The number of aromatic hydroxyl groups is 1. The van der Waals surface area contributed by atoms with E-state index in [1.807, 2.05) is 34.9 Å². The number of aliphatic hydroxyl groups excluding tert-OH is 1. The average molecular weight is 317 g/mol. The van der Waals surface area contributed by atoms with Gasteiger partial charge in [0, 0.05) is 19.0 Å². The van der Waals surface area contributed by atoms with Gasteiger partial charge in [0.15, 0.2) is 17.6 Å². The van der Waals surface area contributed by atoms with Crippen molar-refractivity contribution in [3.05, 3.63) is 41.7 Å². The lowest BCUT2D eigenvalue weighted by atomic mass is 10.0. The van der Waals surface area contributed by atoms with Gasteiger partial charge in [-0.05, 0) is 19.1 Å². The van der Waals surface area contributed by atoms with E-state index in [1.54, 1.807) is 6.92 Å². The molecule has 0 saturated heterocycles. The summed E-state index contributed by atoms with van der Waals surface area (Å²) in [6.07, 6.45) is -0.930. The largest absolute Gasteiger partial charge is 0.503 e. The Morgan fingerprint density at radius 2 is 2.09 bits per heavy atom. The van der Waals surface area contributed by atoms with Gasteiger partial charge in [-0.15, -0.1) is 0 Å². The second-order valence-corrected chi connectivity index (χ2v) is 5.57. The van der Waals surface area contributed by atoms with Crippen LogP contribution in [0.15, 0.2) is 30.3 Å². The Balaban J connectivity index is 2.08. The van der Waals surface area contributed by atoms with E-state index < -0.39 is 18.2 Å². The number of carbonyl (C=O) groups is 1. The Labute approximate surface area is 133 Å². The van der Waals surface area contributed by atoms with Gasteiger partial charge in [-0.25, -0.2) is 0 Å². The fourth-order valence-corrected chi connectivity index (χ4v) is 2.98. The van der Waals surface area contributed by atoms with Crippen molar-refractivity contribution in [3.63, 3.8) is 0 Å². The molecule has 3 rings (SSSR count). The van der Waals surface area contributed by atoms with E-state index in [9.17, 15) is 15.0 Å². The summed E-state index contributed by atoms with van der Waals surface area (Å²) in [7, 11) is 0. The minimum absolute atomic E-state index is 0.0450. The molecule has 0 saturated carbocycles. The normalized spacial score (nSPS) is 19.8. The van der Waals surface area contributed by atoms with Gasteiger partial charge in [-0.2, -0.15) is 0 Å². The predicted octanol–water partition coefficient (Wildman–Crippen LogP) is 1.72. The van der Waals surface area contributed by atoms with E-state index in [0.717, 1.165) is 11.4 Å². The second kappa shape index (κ2) is 5.96. The Morgan fingerprint density at radius 1 is 1.39 bits per heavy atom. The molecule has 1 aliphatic heterocycles. The summed E-state index contributed by atoms with van der Waals surface area (Å²) in [5.41, 5.74) is 2.25. The van der Waals surface area contributed by atoms with Crippen molar-refractivity contribution in [2.75, 3.05) is 6.61 Å². The van der Waals surface area contributed by atoms with Crippen molar-refractivity contribution in [1.29, 1.82) is 0 Å². The van der Waals surface area contributed by atoms with Gasteiger partial charge in [0.2, 0.25) is 0 Å². The number of hydrogen-bond donors (Lipinski definition) is 2. The zero-order valence-corrected chi connectivity index (χ0v) is 13.0. The van der Waals surface area contributed by atoms with E-state index in [1.165, 1.54) is 6.92 Å². The van der Waals surface area contributed by atoms with Crippen molar-refractivity contribution in [1.82, 2.24) is 4.57 Å². The molecule has 2 N–H and O–H groups in total. The zero-order chi connectivity index (χ0) is 16.6. The van der Waals surface area contributed by atoms with Crippen molar-refractivity contribution in [2.24, 2.45) is 0 Å². The number of hydrogen-bond acceptors (Lipinski definition) is 5. The minimum atomic E-state index is -0.691. The number of rotatable bonds is 3. The van der Waals surface area contributed by atoms with Crippen LogP contribution >= 0.6 is 0 Å². The molecule has 6 nitrogen and oxygen atoms in total. The lowest BCUT2D eigenvalue weighted by Gasteiger charge is -2.31. The third-order valence-electron chi connectivity index (χ3n) is 4.02. The van der Waals surface area contributed by atoms with Crippen LogP contribution in [0.5, 0.6) is 11.5 Å². The second-order valence-electron chi connectivity index (χ2n) is 5.57. The molecule has 1 aromatic carbocycles. The predicted molar refractivity (Wildman–Crippen MR) is 82.9 cm³/mol. The van der Waals surface area contributed by atoms with E-state index in [4.69, 9.17) is 9.47 Å². The first-order valence-electron chi connectivity index (χ1n) is 7.46.